The van der Waals surface area contributed by atoms with E-state index < -0.39 is 0 Å². The van der Waals surface area contributed by atoms with Crippen LogP contribution in [0.2, 0.25) is 0 Å². The predicted molar refractivity (Wildman–Crippen MR) is 114 cm³/mol. The van der Waals surface area contributed by atoms with Gasteiger partial charge in [0.2, 0.25) is 0 Å². The van der Waals surface area contributed by atoms with Crippen molar-refractivity contribution in [2.75, 3.05) is 26.7 Å². The quantitative estimate of drug-likeness (QED) is 0.670. The van der Waals surface area contributed by atoms with Crippen LogP contribution in [-0.2, 0) is 6.42 Å². The van der Waals surface area contributed by atoms with Gasteiger partial charge in [-0.3, -0.25) is 4.98 Å². The zero-order valence-corrected chi connectivity index (χ0v) is 16.9. The largest absolute Gasteiger partial charge is 0.497 e. The van der Waals surface area contributed by atoms with E-state index in [0.717, 1.165) is 62.6 Å². The van der Waals surface area contributed by atoms with E-state index in [1.807, 2.05) is 24.3 Å². The fourth-order valence-electron chi connectivity index (χ4n) is 4.06. The number of H-pyrrole nitrogens is 1. The van der Waals surface area contributed by atoms with Crippen molar-refractivity contribution in [2.45, 2.75) is 31.6 Å². The van der Waals surface area contributed by atoms with E-state index in [4.69, 9.17) is 4.74 Å². The summed E-state index contributed by atoms with van der Waals surface area (Å²) in [6.07, 6.45) is 4.44. The third-order valence-electron chi connectivity index (χ3n) is 5.63. The highest BCUT2D eigenvalue weighted by molar-refractivity contribution is 5.36. The van der Waals surface area contributed by atoms with Gasteiger partial charge in [-0.2, -0.15) is 4.68 Å². The molecule has 0 spiro atoms. The molecule has 1 aliphatic rings. The highest BCUT2D eigenvalue weighted by atomic mass is 16.5. The van der Waals surface area contributed by atoms with Crippen molar-refractivity contribution < 1.29 is 4.74 Å². The molecule has 0 unspecified atom stereocenters. The molecule has 3 aromatic rings. The van der Waals surface area contributed by atoms with Gasteiger partial charge in [-0.25, -0.2) is 4.79 Å². The summed E-state index contributed by atoms with van der Waals surface area (Å²) >= 11 is 0. The summed E-state index contributed by atoms with van der Waals surface area (Å²) in [6.45, 7) is 3.15. The van der Waals surface area contributed by atoms with Crippen LogP contribution in [0.3, 0.4) is 0 Å². The van der Waals surface area contributed by atoms with E-state index in [2.05, 4.69) is 45.3 Å². The molecule has 1 saturated heterocycles. The lowest BCUT2D eigenvalue weighted by Crippen LogP contribution is -2.35. The number of rotatable bonds is 7. The number of ether oxygens (including phenoxy) is 1. The average molecular weight is 393 g/mol. The molecular formula is C23H28N4O2. The van der Waals surface area contributed by atoms with Crippen molar-refractivity contribution in [1.82, 2.24) is 19.7 Å². The van der Waals surface area contributed by atoms with Crippen molar-refractivity contribution in [3.8, 4) is 11.4 Å². The summed E-state index contributed by atoms with van der Waals surface area (Å²) in [6, 6.07) is 18.0. The second kappa shape index (κ2) is 9.09. The monoisotopic (exact) mass is 392 g/mol. The maximum Gasteiger partial charge on any atom is 0.348 e. The molecular weight excluding hydrogens is 364 g/mol. The van der Waals surface area contributed by atoms with E-state index in [1.165, 1.54) is 10.2 Å². The minimum absolute atomic E-state index is 0.189. The maximum atomic E-state index is 12.4. The minimum Gasteiger partial charge on any atom is -0.497 e. The lowest BCUT2D eigenvalue weighted by atomic mass is 9.97. The molecule has 0 saturated carbocycles. The van der Waals surface area contributed by atoms with Crippen LogP contribution in [0, 0.1) is 0 Å². The Hall–Kier alpha value is -2.86. The minimum atomic E-state index is -0.189. The van der Waals surface area contributed by atoms with Crippen LogP contribution in [0.5, 0.6) is 5.75 Å². The van der Waals surface area contributed by atoms with Crippen LogP contribution in [-0.4, -0.2) is 46.4 Å². The van der Waals surface area contributed by atoms with Gasteiger partial charge in [0.1, 0.15) is 11.6 Å². The van der Waals surface area contributed by atoms with E-state index in [9.17, 15) is 4.79 Å². The summed E-state index contributed by atoms with van der Waals surface area (Å²) in [5.41, 5.74) is 1.95. The second-order valence-electron chi connectivity index (χ2n) is 7.65. The topological polar surface area (TPSA) is 63.1 Å². The molecule has 1 aromatic heterocycles. The zero-order chi connectivity index (χ0) is 20.1. The highest BCUT2D eigenvalue weighted by Crippen LogP contribution is 2.24. The normalized spacial score (nSPS) is 17.3. The lowest BCUT2D eigenvalue weighted by molar-refractivity contribution is 0.202. The van der Waals surface area contributed by atoms with E-state index >= 15 is 0 Å². The van der Waals surface area contributed by atoms with Crippen LogP contribution in [0.1, 0.15) is 36.6 Å². The van der Waals surface area contributed by atoms with Crippen LogP contribution in [0.4, 0.5) is 0 Å². The Morgan fingerprint density at radius 2 is 1.93 bits per heavy atom. The molecule has 2 aromatic carbocycles. The van der Waals surface area contributed by atoms with Gasteiger partial charge in [0, 0.05) is 12.5 Å². The molecule has 1 aliphatic heterocycles. The first-order chi connectivity index (χ1) is 14.2. The number of methoxy groups -OCH3 is 1. The second-order valence-corrected chi connectivity index (χ2v) is 7.65. The number of hydrogen-bond acceptors (Lipinski definition) is 4. The van der Waals surface area contributed by atoms with Crippen LogP contribution in [0.15, 0.2) is 59.4 Å². The van der Waals surface area contributed by atoms with Gasteiger partial charge in [-0.15, -0.1) is 5.10 Å². The van der Waals surface area contributed by atoms with Crippen molar-refractivity contribution in [3.05, 3.63) is 76.5 Å². The zero-order valence-electron chi connectivity index (χ0n) is 16.9. The first-order valence-corrected chi connectivity index (χ1v) is 10.3. The Morgan fingerprint density at radius 1 is 1.14 bits per heavy atom. The number of hydrogen-bond donors (Lipinski definition) is 1. The van der Waals surface area contributed by atoms with E-state index in [0.29, 0.717) is 0 Å². The standard InChI is InChI=1S/C23H28N4O2/c1-29-21-13-11-20(12-14-21)27-23(28)24-22(25-27)19-10-6-16-26(17-19)15-5-9-18-7-3-2-4-8-18/h2-4,7-8,11-14,19H,5-6,9-10,15-17H2,1H3,(H,24,25,28)/t19-/m0/s1. The Labute approximate surface area is 171 Å². The number of aromatic amines is 1. The van der Waals surface area contributed by atoms with Gasteiger partial charge in [0.05, 0.1) is 12.8 Å². The molecule has 152 valence electrons. The lowest BCUT2D eigenvalue weighted by Gasteiger charge is -2.31. The van der Waals surface area contributed by atoms with Gasteiger partial charge >= 0.3 is 5.69 Å². The summed E-state index contributed by atoms with van der Waals surface area (Å²) in [4.78, 5) is 17.9. The highest BCUT2D eigenvalue weighted by Gasteiger charge is 2.24. The molecule has 1 fully saturated rings. The molecule has 29 heavy (non-hydrogen) atoms. The van der Waals surface area contributed by atoms with E-state index in [1.54, 1.807) is 7.11 Å². The maximum absolute atomic E-state index is 12.4. The molecule has 1 N–H and O–H groups in total. The van der Waals surface area contributed by atoms with Gasteiger partial charge in [-0.05, 0) is 68.6 Å². The smallest absolute Gasteiger partial charge is 0.348 e. The summed E-state index contributed by atoms with van der Waals surface area (Å²) in [7, 11) is 1.63. The fourth-order valence-corrected chi connectivity index (χ4v) is 4.06. The number of aromatic nitrogens is 3. The number of piperidine rings is 1. The van der Waals surface area contributed by atoms with Crippen molar-refractivity contribution >= 4 is 0 Å². The SMILES string of the molecule is COc1ccc(-n2nc([C@H]3CCCN(CCCc4ccccc4)C3)[nH]c2=O)cc1. The average Bonchev–Trinajstić information content (AvgIpc) is 3.16. The van der Waals surface area contributed by atoms with Crippen LogP contribution >= 0.6 is 0 Å². The molecule has 2 heterocycles. The first-order valence-electron chi connectivity index (χ1n) is 10.3. The Morgan fingerprint density at radius 3 is 2.69 bits per heavy atom. The van der Waals surface area contributed by atoms with Crippen LogP contribution < -0.4 is 10.4 Å². The van der Waals surface area contributed by atoms with E-state index in [-0.39, 0.29) is 11.6 Å². The number of nitrogens with zero attached hydrogens (tertiary/aromatic N) is 3. The van der Waals surface area contributed by atoms with Crippen molar-refractivity contribution in [3.63, 3.8) is 0 Å². The Bertz CT molecular complexity index is 963. The first kappa shape index (κ1) is 19.5. The molecule has 6 nitrogen and oxygen atoms in total. The molecule has 0 radical (unpaired) electrons. The van der Waals surface area contributed by atoms with Crippen molar-refractivity contribution in [2.24, 2.45) is 0 Å². The molecule has 6 heteroatoms. The summed E-state index contributed by atoms with van der Waals surface area (Å²) < 4.78 is 6.63. The predicted octanol–water partition coefficient (Wildman–Crippen LogP) is 3.38. The Balaban J connectivity index is 1.38. The van der Waals surface area contributed by atoms with Gasteiger partial charge in [-0.1, -0.05) is 30.3 Å². The van der Waals surface area contributed by atoms with Gasteiger partial charge in [0.15, 0.2) is 0 Å². The third-order valence-corrected chi connectivity index (χ3v) is 5.63. The fraction of sp³-hybridized carbons (Fsp3) is 0.391. The summed E-state index contributed by atoms with van der Waals surface area (Å²) in [5, 5.41) is 4.60. The number of aryl methyl sites for hydroxylation is 1. The molecule has 0 aliphatic carbocycles. The third kappa shape index (κ3) is 4.77. The number of likely N-dealkylation sites (tertiary alicyclic amines) is 1. The number of benzene rings is 2. The Kier molecular flexibility index (Phi) is 6.10. The molecule has 4 rings (SSSR count). The summed E-state index contributed by atoms with van der Waals surface area (Å²) in [5.74, 6) is 1.82. The molecule has 0 amide bonds. The molecule has 0 bridgehead atoms. The molecule has 1 atom stereocenters. The van der Waals surface area contributed by atoms with Gasteiger partial charge in [0.25, 0.3) is 0 Å². The van der Waals surface area contributed by atoms with Gasteiger partial charge < -0.3 is 9.64 Å². The van der Waals surface area contributed by atoms with Crippen molar-refractivity contribution in [1.29, 1.82) is 0 Å². The van der Waals surface area contributed by atoms with Crippen LogP contribution in [0.25, 0.3) is 5.69 Å². The number of nitrogens with one attached hydrogen (secondary N) is 1.